The van der Waals surface area contributed by atoms with Crippen molar-refractivity contribution >= 4 is 0 Å². The van der Waals surface area contributed by atoms with E-state index in [0.29, 0.717) is 5.92 Å². The lowest BCUT2D eigenvalue weighted by Crippen LogP contribution is -1.92. The van der Waals surface area contributed by atoms with Crippen LogP contribution in [0.3, 0.4) is 0 Å². The molecular formula is C17H18F. The van der Waals surface area contributed by atoms with Crippen LogP contribution in [-0.4, -0.2) is 0 Å². The maximum atomic E-state index is 12.9. The summed E-state index contributed by atoms with van der Waals surface area (Å²) in [5, 5.41) is 0. The van der Waals surface area contributed by atoms with E-state index in [-0.39, 0.29) is 5.82 Å². The fraction of sp³-hybridized carbons (Fsp3) is 0.235. The summed E-state index contributed by atoms with van der Waals surface area (Å²) in [5.41, 5.74) is 3.51. The summed E-state index contributed by atoms with van der Waals surface area (Å²) in [6.07, 6.45) is 2.07. The zero-order valence-electron chi connectivity index (χ0n) is 10.7. The van der Waals surface area contributed by atoms with E-state index in [9.17, 15) is 4.39 Å². The van der Waals surface area contributed by atoms with Gasteiger partial charge in [0.1, 0.15) is 5.82 Å². The third-order valence-corrected chi connectivity index (χ3v) is 3.29. The summed E-state index contributed by atoms with van der Waals surface area (Å²) in [6, 6.07) is 15.1. The van der Waals surface area contributed by atoms with Gasteiger partial charge < -0.3 is 0 Å². The molecule has 1 unspecified atom stereocenters. The molecule has 0 saturated carbocycles. The molecule has 0 aliphatic heterocycles. The molecule has 0 saturated heterocycles. The number of hydrogen-bond acceptors (Lipinski definition) is 0. The van der Waals surface area contributed by atoms with Crippen molar-refractivity contribution in [1.29, 1.82) is 0 Å². The second-order valence-corrected chi connectivity index (χ2v) is 4.67. The van der Waals surface area contributed by atoms with Gasteiger partial charge in [0.15, 0.2) is 0 Å². The summed E-state index contributed by atoms with van der Waals surface area (Å²) in [4.78, 5) is 0. The average molecular weight is 241 g/mol. The molecule has 0 heterocycles. The normalized spacial score (nSPS) is 12.4. The number of rotatable bonds is 4. The molecule has 1 heteroatoms. The average Bonchev–Trinajstić information content (AvgIpc) is 2.40. The van der Waals surface area contributed by atoms with Crippen LogP contribution < -0.4 is 0 Å². The molecule has 0 spiro atoms. The Morgan fingerprint density at radius 3 is 1.94 bits per heavy atom. The second-order valence-electron chi connectivity index (χ2n) is 4.67. The van der Waals surface area contributed by atoms with Gasteiger partial charge in [-0.15, -0.1) is 0 Å². The third-order valence-electron chi connectivity index (χ3n) is 3.29. The zero-order valence-corrected chi connectivity index (χ0v) is 10.7. The van der Waals surface area contributed by atoms with E-state index in [1.807, 2.05) is 12.1 Å². The Bertz CT molecular complexity index is 482. The Labute approximate surface area is 108 Å². The number of hydrogen-bond donors (Lipinski definition) is 0. The van der Waals surface area contributed by atoms with Crippen molar-refractivity contribution in [2.45, 2.75) is 25.7 Å². The van der Waals surface area contributed by atoms with E-state index >= 15 is 0 Å². The SMILES string of the molecule is [CH2]CCC(C)c1ccc(-c2ccc(F)cc2)cc1. The summed E-state index contributed by atoms with van der Waals surface area (Å²) >= 11 is 0. The molecule has 0 aliphatic rings. The molecule has 0 fully saturated rings. The van der Waals surface area contributed by atoms with Crippen LogP contribution in [-0.2, 0) is 0 Å². The first-order chi connectivity index (χ1) is 8.70. The van der Waals surface area contributed by atoms with Crippen LogP contribution in [0.5, 0.6) is 0 Å². The van der Waals surface area contributed by atoms with Gasteiger partial charge in [-0.2, -0.15) is 0 Å². The van der Waals surface area contributed by atoms with Crippen LogP contribution >= 0.6 is 0 Å². The topological polar surface area (TPSA) is 0 Å². The molecule has 0 nitrogen and oxygen atoms in total. The quantitative estimate of drug-likeness (QED) is 0.689. The minimum atomic E-state index is -0.195. The maximum Gasteiger partial charge on any atom is 0.123 e. The molecule has 2 rings (SSSR count). The van der Waals surface area contributed by atoms with Crippen molar-refractivity contribution in [3.63, 3.8) is 0 Å². The molecular weight excluding hydrogens is 223 g/mol. The van der Waals surface area contributed by atoms with Crippen LogP contribution in [0.4, 0.5) is 4.39 Å². The largest absolute Gasteiger partial charge is 0.207 e. The van der Waals surface area contributed by atoms with Crippen LogP contribution in [0.25, 0.3) is 11.1 Å². The first kappa shape index (κ1) is 12.8. The van der Waals surface area contributed by atoms with E-state index in [4.69, 9.17) is 0 Å². The smallest absolute Gasteiger partial charge is 0.123 e. The number of benzene rings is 2. The van der Waals surface area contributed by atoms with Gasteiger partial charge in [-0.1, -0.05) is 56.7 Å². The van der Waals surface area contributed by atoms with Gasteiger partial charge in [-0.25, -0.2) is 4.39 Å². The first-order valence-electron chi connectivity index (χ1n) is 6.36. The molecule has 0 aromatic heterocycles. The first-order valence-corrected chi connectivity index (χ1v) is 6.36. The second kappa shape index (κ2) is 5.81. The van der Waals surface area contributed by atoms with Crippen molar-refractivity contribution < 1.29 is 4.39 Å². The summed E-state index contributed by atoms with van der Waals surface area (Å²) in [7, 11) is 0. The monoisotopic (exact) mass is 241 g/mol. The fourth-order valence-corrected chi connectivity index (χ4v) is 2.12. The highest BCUT2D eigenvalue weighted by Crippen LogP contribution is 2.25. The molecule has 0 N–H and O–H groups in total. The van der Waals surface area contributed by atoms with Gasteiger partial charge in [0.05, 0.1) is 0 Å². The predicted molar refractivity (Wildman–Crippen MR) is 74.8 cm³/mol. The molecule has 0 bridgehead atoms. The van der Waals surface area contributed by atoms with Crippen molar-refractivity contribution in [2.75, 3.05) is 0 Å². The van der Waals surface area contributed by atoms with Gasteiger partial charge in [0, 0.05) is 0 Å². The van der Waals surface area contributed by atoms with Crippen LogP contribution in [0, 0.1) is 12.7 Å². The van der Waals surface area contributed by atoms with Gasteiger partial charge >= 0.3 is 0 Å². The molecule has 1 radical (unpaired) electrons. The third kappa shape index (κ3) is 2.98. The fourth-order valence-electron chi connectivity index (χ4n) is 2.12. The molecule has 1 atom stereocenters. The van der Waals surface area contributed by atoms with E-state index in [0.717, 1.165) is 24.0 Å². The van der Waals surface area contributed by atoms with Gasteiger partial charge in [0.25, 0.3) is 0 Å². The molecule has 2 aromatic carbocycles. The molecule has 18 heavy (non-hydrogen) atoms. The van der Waals surface area contributed by atoms with E-state index in [1.54, 1.807) is 0 Å². The summed E-state index contributed by atoms with van der Waals surface area (Å²) in [6.45, 7) is 6.11. The lowest BCUT2D eigenvalue weighted by atomic mass is 9.94. The Hall–Kier alpha value is -1.63. The van der Waals surface area contributed by atoms with Crippen LogP contribution in [0.15, 0.2) is 48.5 Å². The summed E-state index contributed by atoms with van der Waals surface area (Å²) in [5.74, 6) is 0.351. The minimum Gasteiger partial charge on any atom is -0.207 e. The van der Waals surface area contributed by atoms with Crippen LogP contribution in [0.1, 0.15) is 31.2 Å². The highest BCUT2D eigenvalue weighted by Gasteiger charge is 2.04. The van der Waals surface area contributed by atoms with E-state index in [1.165, 1.54) is 17.7 Å². The van der Waals surface area contributed by atoms with Crippen molar-refractivity contribution in [2.24, 2.45) is 0 Å². The molecule has 93 valence electrons. The minimum absolute atomic E-state index is 0.195. The Kier molecular flexibility index (Phi) is 4.14. The standard InChI is InChI=1S/C17H18F/c1-3-4-13(2)14-5-7-15(8-6-14)16-9-11-17(18)12-10-16/h5-13H,1,3-4H2,2H3. The Morgan fingerprint density at radius 2 is 1.44 bits per heavy atom. The molecule has 0 aliphatic carbocycles. The zero-order chi connectivity index (χ0) is 13.0. The Morgan fingerprint density at radius 1 is 0.944 bits per heavy atom. The van der Waals surface area contributed by atoms with Crippen LogP contribution in [0.2, 0.25) is 0 Å². The lowest BCUT2D eigenvalue weighted by Gasteiger charge is -2.11. The van der Waals surface area contributed by atoms with Crippen molar-refractivity contribution in [3.8, 4) is 11.1 Å². The highest BCUT2D eigenvalue weighted by atomic mass is 19.1. The van der Waals surface area contributed by atoms with Gasteiger partial charge in [-0.05, 0) is 41.2 Å². The predicted octanol–water partition coefficient (Wildman–Crippen LogP) is 5.21. The van der Waals surface area contributed by atoms with Gasteiger partial charge in [-0.3, -0.25) is 0 Å². The van der Waals surface area contributed by atoms with Crippen molar-refractivity contribution in [1.82, 2.24) is 0 Å². The molecule has 0 amide bonds. The van der Waals surface area contributed by atoms with Crippen molar-refractivity contribution in [3.05, 3.63) is 66.8 Å². The molecule has 2 aromatic rings. The Balaban J connectivity index is 2.19. The summed E-state index contributed by atoms with van der Waals surface area (Å²) < 4.78 is 12.9. The lowest BCUT2D eigenvalue weighted by molar-refractivity contribution is 0.628. The van der Waals surface area contributed by atoms with Gasteiger partial charge in [0.2, 0.25) is 0 Å². The number of halogens is 1. The maximum absolute atomic E-state index is 12.9. The highest BCUT2D eigenvalue weighted by molar-refractivity contribution is 5.63. The van der Waals surface area contributed by atoms with E-state index < -0.39 is 0 Å². The van der Waals surface area contributed by atoms with E-state index in [2.05, 4.69) is 38.1 Å².